The molecule has 2 aromatic rings. The van der Waals surface area contributed by atoms with Gasteiger partial charge in [-0.1, -0.05) is 73.5 Å². The van der Waals surface area contributed by atoms with E-state index in [1.54, 1.807) is 0 Å². The molecule has 2 N–H and O–H groups in total. The maximum atomic E-state index is 12.9. The van der Waals surface area contributed by atoms with E-state index in [0.29, 0.717) is 12.8 Å². The van der Waals surface area contributed by atoms with E-state index in [2.05, 4.69) is 16.7 Å². The van der Waals surface area contributed by atoms with E-state index < -0.39 is 12.1 Å². The van der Waals surface area contributed by atoms with Crippen molar-refractivity contribution >= 4 is 12.0 Å². The van der Waals surface area contributed by atoms with Gasteiger partial charge in [0.05, 0.1) is 12.0 Å². The standard InChI is InChI=1S/C23H25N3O3/c24-15-21(18-11-5-2-6-12-18)25-22(27)19-13-7-8-14-20(19)26-23(28)29-16-17-9-3-1-4-10-17/h1-6,9-12,19-21H,7-8,13-14,16H2,(H,25,27)(H,26,28)/t19-,20-,21+/m1/s1. The molecular weight excluding hydrogens is 366 g/mol. The summed E-state index contributed by atoms with van der Waals surface area (Å²) in [4.78, 5) is 25.1. The Kier molecular flexibility index (Phi) is 7.23. The van der Waals surface area contributed by atoms with Crippen LogP contribution >= 0.6 is 0 Å². The molecule has 0 spiro atoms. The van der Waals surface area contributed by atoms with Crippen molar-refractivity contribution in [2.24, 2.45) is 5.92 Å². The average molecular weight is 391 g/mol. The lowest BCUT2D eigenvalue weighted by Crippen LogP contribution is -2.49. The van der Waals surface area contributed by atoms with Crippen molar-refractivity contribution < 1.29 is 14.3 Å². The number of alkyl carbamates (subject to hydrolysis) is 1. The number of amides is 2. The Bertz CT molecular complexity index is 849. The van der Waals surface area contributed by atoms with Gasteiger partial charge in [0.25, 0.3) is 0 Å². The Morgan fingerprint density at radius 3 is 2.38 bits per heavy atom. The first-order chi connectivity index (χ1) is 14.2. The molecule has 3 rings (SSSR count). The van der Waals surface area contributed by atoms with E-state index in [-0.39, 0.29) is 24.5 Å². The van der Waals surface area contributed by atoms with Gasteiger partial charge in [-0.3, -0.25) is 4.79 Å². The zero-order valence-electron chi connectivity index (χ0n) is 16.2. The Morgan fingerprint density at radius 1 is 1.03 bits per heavy atom. The summed E-state index contributed by atoms with van der Waals surface area (Å²) in [5.74, 6) is -0.596. The minimum absolute atomic E-state index is 0.181. The highest BCUT2D eigenvalue weighted by atomic mass is 16.5. The smallest absolute Gasteiger partial charge is 0.407 e. The van der Waals surface area contributed by atoms with Gasteiger partial charge >= 0.3 is 6.09 Å². The highest BCUT2D eigenvalue weighted by Gasteiger charge is 2.33. The largest absolute Gasteiger partial charge is 0.445 e. The first-order valence-corrected chi connectivity index (χ1v) is 9.89. The van der Waals surface area contributed by atoms with Gasteiger partial charge in [0, 0.05) is 6.04 Å². The summed E-state index contributed by atoms with van der Waals surface area (Å²) in [6.07, 6.45) is 2.70. The number of benzene rings is 2. The summed E-state index contributed by atoms with van der Waals surface area (Å²) >= 11 is 0. The fourth-order valence-electron chi connectivity index (χ4n) is 3.62. The molecule has 2 aromatic carbocycles. The van der Waals surface area contributed by atoms with E-state index in [9.17, 15) is 14.9 Å². The molecule has 0 bridgehead atoms. The van der Waals surface area contributed by atoms with Crippen LogP contribution in [0.15, 0.2) is 60.7 Å². The van der Waals surface area contributed by atoms with Crippen LogP contribution in [-0.2, 0) is 16.1 Å². The van der Waals surface area contributed by atoms with Crippen molar-refractivity contribution in [1.82, 2.24) is 10.6 Å². The van der Waals surface area contributed by atoms with Crippen LogP contribution in [0, 0.1) is 17.2 Å². The molecule has 6 heteroatoms. The molecule has 2 amide bonds. The van der Waals surface area contributed by atoms with Gasteiger partial charge in [-0.25, -0.2) is 4.79 Å². The second-order valence-corrected chi connectivity index (χ2v) is 7.18. The quantitative estimate of drug-likeness (QED) is 0.782. The molecule has 0 unspecified atom stereocenters. The predicted molar refractivity (Wildman–Crippen MR) is 108 cm³/mol. The minimum Gasteiger partial charge on any atom is -0.445 e. The van der Waals surface area contributed by atoms with Crippen molar-refractivity contribution in [2.45, 2.75) is 44.4 Å². The number of nitriles is 1. The molecule has 6 nitrogen and oxygen atoms in total. The van der Waals surface area contributed by atoms with Crippen LogP contribution in [0.5, 0.6) is 0 Å². The number of nitrogens with zero attached hydrogens (tertiary/aromatic N) is 1. The zero-order chi connectivity index (χ0) is 20.5. The van der Waals surface area contributed by atoms with Gasteiger partial charge in [0.2, 0.25) is 5.91 Å². The Morgan fingerprint density at radius 2 is 1.69 bits per heavy atom. The topological polar surface area (TPSA) is 91.2 Å². The molecule has 0 aliphatic heterocycles. The third kappa shape index (κ3) is 5.82. The molecule has 29 heavy (non-hydrogen) atoms. The molecule has 3 atom stereocenters. The van der Waals surface area contributed by atoms with E-state index in [1.165, 1.54) is 0 Å². The first-order valence-electron chi connectivity index (χ1n) is 9.89. The summed E-state index contributed by atoms with van der Waals surface area (Å²) in [6, 6.07) is 19.7. The zero-order valence-corrected chi connectivity index (χ0v) is 16.2. The Balaban J connectivity index is 1.57. The fraction of sp³-hybridized carbons (Fsp3) is 0.348. The molecule has 1 aliphatic rings. The van der Waals surface area contributed by atoms with Crippen molar-refractivity contribution in [2.75, 3.05) is 0 Å². The molecule has 1 fully saturated rings. The van der Waals surface area contributed by atoms with Crippen LogP contribution in [0.1, 0.15) is 42.9 Å². The summed E-state index contributed by atoms with van der Waals surface area (Å²) in [5.41, 5.74) is 1.64. The number of carbonyl (C=O) groups is 2. The number of ether oxygens (including phenoxy) is 1. The van der Waals surface area contributed by atoms with Gasteiger partial charge in [-0.2, -0.15) is 5.26 Å². The molecular formula is C23H25N3O3. The van der Waals surface area contributed by atoms with Gasteiger partial charge < -0.3 is 15.4 Å². The number of hydrogen-bond acceptors (Lipinski definition) is 4. The monoisotopic (exact) mass is 391 g/mol. The SMILES string of the molecule is N#C[C@H](NC(=O)[C@@H]1CCCC[C@H]1NC(=O)OCc1ccccc1)c1ccccc1. The van der Waals surface area contributed by atoms with Crippen LogP contribution in [0.4, 0.5) is 4.79 Å². The van der Waals surface area contributed by atoms with Gasteiger partial charge in [-0.05, 0) is 24.0 Å². The molecule has 0 heterocycles. The molecule has 150 valence electrons. The van der Waals surface area contributed by atoms with Crippen molar-refractivity contribution in [3.05, 3.63) is 71.8 Å². The Labute approximate surface area is 170 Å². The third-order valence-electron chi connectivity index (χ3n) is 5.17. The molecule has 0 saturated heterocycles. The second-order valence-electron chi connectivity index (χ2n) is 7.18. The van der Waals surface area contributed by atoms with Crippen LogP contribution in [0.2, 0.25) is 0 Å². The third-order valence-corrected chi connectivity index (χ3v) is 5.17. The van der Waals surface area contributed by atoms with Crippen molar-refractivity contribution in [3.63, 3.8) is 0 Å². The highest BCUT2D eigenvalue weighted by molar-refractivity contribution is 5.81. The lowest BCUT2D eigenvalue weighted by molar-refractivity contribution is -0.127. The number of carbonyl (C=O) groups excluding carboxylic acids is 2. The van der Waals surface area contributed by atoms with Gasteiger partial charge in [0.15, 0.2) is 0 Å². The van der Waals surface area contributed by atoms with E-state index in [4.69, 9.17) is 4.74 Å². The van der Waals surface area contributed by atoms with E-state index in [0.717, 1.165) is 24.0 Å². The van der Waals surface area contributed by atoms with Gasteiger partial charge in [0.1, 0.15) is 12.6 Å². The van der Waals surface area contributed by atoms with Gasteiger partial charge in [-0.15, -0.1) is 0 Å². The Hall–Kier alpha value is -3.33. The molecule has 0 aromatic heterocycles. The summed E-state index contributed by atoms with van der Waals surface area (Å²) in [7, 11) is 0. The fourth-order valence-corrected chi connectivity index (χ4v) is 3.62. The predicted octanol–water partition coefficient (Wildman–Crippen LogP) is 3.85. The number of hydrogen-bond donors (Lipinski definition) is 2. The van der Waals surface area contributed by atoms with Crippen molar-refractivity contribution in [3.8, 4) is 6.07 Å². The average Bonchev–Trinajstić information content (AvgIpc) is 2.77. The number of nitrogens with one attached hydrogen (secondary N) is 2. The lowest BCUT2D eigenvalue weighted by Gasteiger charge is -2.31. The van der Waals surface area contributed by atoms with Crippen molar-refractivity contribution in [1.29, 1.82) is 5.26 Å². The lowest BCUT2D eigenvalue weighted by atomic mass is 9.83. The summed E-state index contributed by atoms with van der Waals surface area (Å²) in [5, 5.41) is 15.1. The first kappa shape index (κ1) is 20.4. The molecule has 0 radical (unpaired) electrons. The highest BCUT2D eigenvalue weighted by Crippen LogP contribution is 2.26. The summed E-state index contributed by atoms with van der Waals surface area (Å²) in [6.45, 7) is 0.181. The van der Waals surface area contributed by atoms with E-state index in [1.807, 2.05) is 60.7 Å². The van der Waals surface area contributed by atoms with Crippen LogP contribution in [0.25, 0.3) is 0 Å². The minimum atomic E-state index is -0.712. The second kappa shape index (κ2) is 10.3. The molecule has 1 aliphatic carbocycles. The summed E-state index contributed by atoms with van der Waals surface area (Å²) < 4.78 is 5.30. The maximum Gasteiger partial charge on any atom is 0.407 e. The maximum absolute atomic E-state index is 12.9. The van der Waals surface area contributed by atoms with E-state index >= 15 is 0 Å². The van der Waals surface area contributed by atoms with Crippen LogP contribution in [-0.4, -0.2) is 18.0 Å². The van der Waals surface area contributed by atoms with Crippen LogP contribution in [0.3, 0.4) is 0 Å². The number of rotatable bonds is 6. The van der Waals surface area contributed by atoms with Crippen LogP contribution < -0.4 is 10.6 Å². The normalized spacial score (nSPS) is 19.4. The molecule has 1 saturated carbocycles.